The van der Waals surface area contributed by atoms with E-state index in [1.54, 1.807) is 12.1 Å². The zero-order valence-electron chi connectivity index (χ0n) is 9.81. The highest BCUT2D eigenvalue weighted by Crippen LogP contribution is 2.26. The molecule has 7 nitrogen and oxygen atoms in total. The number of primary sulfonamides is 1. The number of aliphatic hydroxyl groups excluding tert-OH is 2. The van der Waals surface area contributed by atoms with Crippen LogP contribution in [0.4, 0.5) is 0 Å². The van der Waals surface area contributed by atoms with Gasteiger partial charge in [0.1, 0.15) is 24.0 Å². The summed E-state index contributed by atoms with van der Waals surface area (Å²) < 4.78 is 32.6. The maximum atomic E-state index is 11.1. The summed E-state index contributed by atoms with van der Waals surface area (Å²) in [6, 6.07) is 5.94. The van der Waals surface area contributed by atoms with Gasteiger partial charge in [0, 0.05) is 11.5 Å². The van der Waals surface area contributed by atoms with E-state index in [2.05, 4.69) is 0 Å². The molecular weight excluding hydrogens is 274 g/mol. The number of hydrogen-bond donors (Lipinski definition) is 3. The number of furan rings is 1. The van der Waals surface area contributed by atoms with Gasteiger partial charge < -0.3 is 19.4 Å². The molecule has 0 spiro atoms. The van der Waals surface area contributed by atoms with Crippen molar-refractivity contribution in [1.82, 2.24) is 0 Å². The van der Waals surface area contributed by atoms with E-state index in [9.17, 15) is 8.42 Å². The lowest BCUT2D eigenvalue weighted by Gasteiger charge is -2.09. The molecule has 19 heavy (non-hydrogen) atoms. The molecule has 1 aromatic carbocycles. The van der Waals surface area contributed by atoms with Crippen molar-refractivity contribution in [2.75, 3.05) is 13.2 Å². The molecule has 1 aromatic heterocycles. The molecule has 0 fully saturated rings. The van der Waals surface area contributed by atoms with Gasteiger partial charge in [-0.1, -0.05) is 0 Å². The van der Waals surface area contributed by atoms with Gasteiger partial charge >= 0.3 is 0 Å². The number of ether oxygens (including phenoxy) is 1. The summed E-state index contributed by atoms with van der Waals surface area (Å²) in [6.07, 6.45) is -0.972. The lowest BCUT2D eigenvalue weighted by Crippen LogP contribution is -2.21. The van der Waals surface area contributed by atoms with E-state index in [0.29, 0.717) is 16.7 Å². The third-order valence-electron chi connectivity index (χ3n) is 2.40. The quantitative estimate of drug-likeness (QED) is 0.700. The Kier molecular flexibility index (Phi) is 3.76. The highest BCUT2D eigenvalue weighted by atomic mass is 32.2. The fourth-order valence-corrected chi connectivity index (χ4v) is 1.97. The van der Waals surface area contributed by atoms with Crippen LogP contribution >= 0.6 is 0 Å². The van der Waals surface area contributed by atoms with Crippen molar-refractivity contribution >= 4 is 21.0 Å². The van der Waals surface area contributed by atoms with E-state index in [-0.39, 0.29) is 11.7 Å². The number of hydrogen-bond acceptors (Lipinski definition) is 6. The first-order valence-corrected chi connectivity index (χ1v) is 6.93. The molecule has 1 atom stereocenters. The zero-order chi connectivity index (χ0) is 14.0. The Balaban J connectivity index is 2.26. The van der Waals surface area contributed by atoms with E-state index in [1.807, 2.05) is 0 Å². The number of aliphatic hydroxyl groups is 2. The molecule has 0 amide bonds. The van der Waals surface area contributed by atoms with E-state index < -0.39 is 22.7 Å². The Hall–Kier alpha value is -1.61. The maximum absolute atomic E-state index is 11.1. The highest BCUT2D eigenvalue weighted by Gasteiger charge is 2.14. The van der Waals surface area contributed by atoms with Crippen LogP contribution in [-0.4, -0.2) is 37.9 Å². The second kappa shape index (κ2) is 5.17. The van der Waals surface area contributed by atoms with Crippen LogP contribution in [0.1, 0.15) is 0 Å². The molecule has 2 aromatic rings. The van der Waals surface area contributed by atoms with E-state index >= 15 is 0 Å². The van der Waals surface area contributed by atoms with Gasteiger partial charge in [-0.3, -0.25) is 0 Å². The van der Waals surface area contributed by atoms with Crippen LogP contribution in [0.2, 0.25) is 0 Å². The third kappa shape index (κ3) is 3.24. The molecule has 2 rings (SSSR count). The van der Waals surface area contributed by atoms with Gasteiger partial charge in [0.15, 0.2) is 0 Å². The molecule has 0 bridgehead atoms. The van der Waals surface area contributed by atoms with Crippen LogP contribution in [0.15, 0.2) is 33.8 Å². The molecule has 0 aliphatic carbocycles. The van der Waals surface area contributed by atoms with Gasteiger partial charge in [0.05, 0.1) is 6.61 Å². The van der Waals surface area contributed by atoms with Crippen molar-refractivity contribution in [3.05, 3.63) is 24.3 Å². The summed E-state index contributed by atoms with van der Waals surface area (Å²) >= 11 is 0. The highest BCUT2D eigenvalue weighted by molar-refractivity contribution is 7.89. The Morgan fingerprint density at radius 1 is 1.37 bits per heavy atom. The Bertz CT molecular complexity index is 678. The van der Waals surface area contributed by atoms with Crippen molar-refractivity contribution in [2.24, 2.45) is 5.14 Å². The second-order valence-electron chi connectivity index (χ2n) is 3.96. The van der Waals surface area contributed by atoms with Crippen LogP contribution in [-0.2, 0) is 10.0 Å². The molecule has 0 saturated heterocycles. The minimum Gasteiger partial charge on any atom is -0.491 e. The molecule has 1 unspecified atom stereocenters. The van der Waals surface area contributed by atoms with Crippen LogP contribution in [0, 0.1) is 0 Å². The van der Waals surface area contributed by atoms with Gasteiger partial charge in [-0.2, -0.15) is 0 Å². The molecule has 8 heteroatoms. The molecule has 0 aliphatic heterocycles. The Morgan fingerprint density at radius 3 is 2.74 bits per heavy atom. The fourth-order valence-electron chi connectivity index (χ4n) is 1.47. The monoisotopic (exact) mass is 287 g/mol. The summed E-state index contributed by atoms with van der Waals surface area (Å²) in [7, 11) is -3.89. The smallest absolute Gasteiger partial charge is 0.271 e. The number of rotatable bonds is 5. The van der Waals surface area contributed by atoms with Crippen molar-refractivity contribution < 1.29 is 27.8 Å². The number of sulfonamides is 1. The van der Waals surface area contributed by atoms with Crippen LogP contribution in [0.25, 0.3) is 11.0 Å². The van der Waals surface area contributed by atoms with Crippen molar-refractivity contribution in [2.45, 2.75) is 11.2 Å². The zero-order valence-corrected chi connectivity index (χ0v) is 10.6. The van der Waals surface area contributed by atoms with Crippen LogP contribution in [0.3, 0.4) is 0 Å². The first-order chi connectivity index (χ1) is 8.90. The van der Waals surface area contributed by atoms with Crippen molar-refractivity contribution in [3.63, 3.8) is 0 Å². The van der Waals surface area contributed by atoms with Crippen molar-refractivity contribution in [1.29, 1.82) is 0 Å². The SMILES string of the molecule is NS(=O)(=O)c1cc2cc(OCC(O)CO)ccc2o1. The average molecular weight is 287 g/mol. The molecular formula is C11H13NO6S. The number of benzene rings is 1. The van der Waals surface area contributed by atoms with Gasteiger partial charge in [-0.15, -0.1) is 0 Å². The van der Waals surface area contributed by atoms with Gasteiger partial charge in [-0.25, -0.2) is 13.6 Å². The molecule has 104 valence electrons. The number of fused-ring (bicyclic) bond motifs is 1. The third-order valence-corrected chi connectivity index (χ3v) is 3.16. The lowest BCUT2D eigenvalue weighted by molar-refractivity contribution is 0.0536. The summed E-state index contributed by atoms with van der Waals surface area (Å²) in [5.41, 5.74) is 0.360. The molecule has 0 aliphatic rings. The Morgan fingerprint density at radius 2 is 2.11 bits per heavy atom. The first-order valence-electron chi connectivity index (χ1n) is 5.38. The first kappa shape index (κ1) is 13.8. The lowest BCUT2D eigenvalue weighted by atomic mass is 10.2. The summed E-state index contributed by atoms with van der Waals surface area (Å²) in [6.45, 7) is -0.467. The predicted octanol–water partition coefficient (Wildman–Crippen LogP) is -0.188. The fraction of sp³-hybridized carbons (Fsp3) is 0.273. The standard InChI is InChI=1S/C11H13NO6S/c12-19(15,16)11-4-7-3-9(1-2-10(7)18-11)17-6-8(14)5-13/h1-4,8,13-14H,5-6H2,(H2,12,15,16). The van der Waals surface area contributed by atoms with Crippen LogP contribution in [0.5, 0.6) is 5.75 Å². The van der Waals surface area contributed by atoms with E-state index in [0.717, 1.165) is 0 Å². The van der Waals surface area contributed by atoms with E-state index in [1.165, 1.54) is 12.1 Å². The van der Waals surface area contributed by atoms with Gasteiger partial charge in [-0.05, 0) is 18.2 Å². The number of nitrogens with two attached hydrogens (primary N) is 1. The topological polar surface area (TPSA) is 123 Å². The Labute approximate surface area is 109 Å². The van der Waals surface area contributed by atoms with Crippen molar-refractivity contribution in [3.8, 4) is 5.75 Å². The summed E-state index contributed by atoms with van der Waals surface area (Å²) in [5, 5.41) is 23.0. The molecule has 0 saturated carbocycles. The molecule has 1 heterocycles. The maximum Gasteiger partial charge on any atom is 0.271 e. The summed E-state index contributed by atoms with van der Waals surface area (Å²) in [5.74, 6) is 0.418. The normalized spacial score (nSPS) is 13.6. The average Bonchev–Trinajstić information content (AvgIpc) is 2.78. The van der Waals surface area contributed by atoms with Gasteiger partial charge in [0.25, 0.3) is 10.0 Å². The van der Waals surface area contributed by atoms with E-state index in [4.69, 9.17) is 24.5 Å². The second-order valence-corrected chi connectivity index (χ2v) is 5.45. The molecule has 4 N–H and O–H groups in total. The van der Waals surface area contributed by atoms with Crippen LogP contribution < -0.4 is 9.88 Å². The van der Waals surface area contributed by atoms with Gasteiger partial charge in [0.2, 0.25) is 5.09 Å². The molecule has 0 radical (unpaired) electrons. The predicted molar refractivity (Wildman–Crippen MR) is 66.2 cm³/mol. The minimum absolute atomic E-state index is 0.0676. The minimum atomic E-state index is -3.89. The largest absolute Gasteiger partial charge is 0.491 e. The summed E-state index contributed by atoms with van der Waals surface area (Å²) in [4.78, 5) is 0.